The smallest absolute Gasteiger partial charge is 0.153 e. The maximum absolute atomic E-state index is 11.2. The van der Waals surface area contributed by atoms with Crippen molar-refractivity contribution in [3.8, 4) is 11.3 Å². The van der Waals surface area contributed by atoms with E-state index in [-0.39, 0.29) is 6.04 Å². The third-order valence-electron chi connectivity index (χ3n) is 3.25. The molecule has 0 aliphatic rings. The van der Waals surface area contributed by atoms with Gasteiger partial charge in [0.1, 0.15) is 5.69 Å². The second kappa shape index (κ2) is 5.17. The van der Waals surface area contributed by atoms with Crippen LogP contribution >= 0.6 is 11.6 Å². The summed E-state index contributed by atoms with van der Waals surface area (Å²) in [5.41, 5.74) is 4.29. The average Bonchev–Trinajstić information content (AvgIpc) is 2.77. The highest BCUT2D eigenvalue weighted by Crippen LogP contribution is 2.31. The zero-order valence-electron chi connectivity index (χ0n) is 11.6. The third kappa shape index (κ3) is 2.56. The fourth-order valence-electron chi connectivity index (χ4n) is 1.93. The Morgan fingerprint density at radius 3 is 2.47 bits per heavy atom. The fourth-order valence-corrected chi connectivity index (χ4v) is 2.24. The van der Waals surface area contributed by atoms with Crippen LogP contribution in [0.2, 0.25) is 5.02 Å². The van der Waals surface area contributed by atoms with Gasteiger partial charge in [0, 0.05) is 17.8 Å². The number of benzene rings is 1. The van der Waals surface area contributed by atoms with Gasteiger partial charge in [-0.3, -0.25) is 9.48 Å². The first kappa shape index (κ1) is 13.8. The molecule has 19 heavy (non-hydrogen) atoms. The summed E-state index contributed by atoms with van der Waals surface area (Å²) in [6, 6.07) is 4.10. The predicted octanol–water partition coefficient (Wildman–Crippen LogP) is 4.21. The summed E-state index contributed by atoms with van der Waals surface area (Å²) in [5, 5.41) is 5.11. The molecule has 4 heteroatoms. The van der Waals surface area contributed by atoms with E-state index < -0.39 is 0 Å². The molecule has 0 spiro atoms. The molecule has 1 aromatic heterocycles. The molecule has 2 aromatic rings. The van der Waals surface area contributed by atoms with Gasteiger partial charge < -0.3 is 0 Å². The minimum atomic E-state index is 0.206. The molecule has 3 nitrogen and oxygen atoms in total. The van der Waals surface area contributed by atoms with Gasteiger partial charge in [0.05, 0.1) is 10.6 Å². The molecular weight excluding hydrogens is 260 g/mol. The number of rotatable bonds is 3. The lowest BCUT2D eigenvalue weighted by Crippen LogP contribution is -2.00. The van der Waals surface area contributed by atoms with Crippen molar-refractivity contribution in [3.05, 3.63) is 40.0 Å². The van der Waals surface area contributed by atoms with Crippen molar-refractivity contribution in [2.24, 2.45) is 0 Å². The van der Waals surface area contributed by atoms with E-state index in [0.29, 0.717) is 16.3 Å². The molecule has 0 saturated carbocycles. The van der Waals surface area contributed by atoms with E-state index in [4.69, 9.17) is 11.6 Å². The number of hydrogen-bond acceptors (Lipinski definition) is 2. The van der Waals surface area contributed by atoms with Crippen LogP contribution in [0.25, 0.3) is 11.3 Å². The Labute approximate surface area is 118 Å². The number of aldehydes is 1. The van der Waals surface area contributed by atoms with Crippen molar-refractivity contribution < 1.29 is 4.79 Å². The highest BCUT2D eigenvalue weighted by molar-refractivity contribution is 6.33. The molecule has 100 valence electrons. The van der Waals surface area contributed by atoms with Gasteiger partial charge in [0.2, 0.25) is 0 Å². The number of halogens is 1. The Kier molecular flexibility index (Phi) is 3.76. The summed E-state index contributed by atoms with van der Waals surface area (Å²) in [6.45, 7) is 8.08. The largest absolute Gasteiger partial charge is 0.298 e. The van der Waals surface area contributed by atoms with Crippen LogP contribution in [-0.4, -0.2) is 16.1 Å². The highest BCUT2D eigenvalue weighted by Gasteiger charge is 2.15. The van der Waals surface area contributed by atoms with E-state index in [1.54, 1.807) is 10.9 Å². The Hall–Kier alpha value is -1.61. The Bertz CT molecular complexity index is 629. The summed E-state index contributed by atoms with van der Waals surface area (Å²) in [7, 11) is 0. The van der Waals surface area contributed by atoms with E-state index in [0.717, 1.165) is 23.0 Å². The maximum atomic E-state index is 11.2. The first-order valence-corrected chi connectivity index (χ1v) is 6.63. The van der Waals surface area contributed by atoms with Gasteiger partial charge in [-0.15, -0.1) is 0 Å². The van der Waals surface area contributed by atoms with Crippen LogP contribution in [0.15, 0.2) is 18.3 Å². The van der Waals surface area contributed by atoms with E-state index in [9.17, 15) is 4.79 Å². The van der Waals surface area contributed by atoms with Gasteiger partial charge in [-0.25, -0.2) is 0 Å². The second-order valence-corrected chi connectivity index (χ2v) is 5.45. The van der Waals surface area contributed by atoms with Crippen LogP contribution in [0.5, 0.6) is 0 Å². The Balaban J connectivity index is 2.64. The summed E-state index contributed by atoms with van der Waals surface area (Å²) in [4.78, 5) is 11.2. The number of aryl methyl sites for hydroxylation is 2. The van der Waals surface area contributed by atoms with Gasteiger partial charge in [0.25, 0.3) is 0 Å². The van der Waals surface area contributed by atoms with Crippen molar-refractivity contribution in [2.45, 2.75) is 33.7 Å². The summed E-state index contributed by atoms with van der Waals surface area (Å²) in [6.07, 6.45) is 2.59. The maximum Gasteiger partial charge on any atom is 0.153 e. The molecule has 0 saturated heterocycles. The molecule has 2 rings (SSSR count). The summed E-state index contributed by atoms with van der Waals surface area (Å²) >= 11 is 6.29. The van der Waals surface area contributed by atoms with Gasteiger partial charge >= 0.3 is 0 Å². The minimum absolute atomic E-state index is 0.206. The zero-order valence-corrected chi connectivity index (χ0v) is 12.3. The van der Waals surface area contributed by atoms with Gasteiger partial charge in [0.15, 0.2) is 6.29 Å². The van der Waals surface area contributed by atoms with Crippen LogP contribution in [0.3, 0.4) is 0 Å². The van der Waals surface area contributed by atoms with E-state index in [2.05, 4.69) is 5.10 Å². The molecule has 0 radical (unpaired) electrons. The predicted molar refractivity (Wildman–Crippen MR) is 77.9 cm³/mol. The van der Waals surface area contributed by atoms with Crippen LogP contribution in [0, 0.1) is 13.8 Å². The highest BCUT2D eigenvalue weighted by atomic mass is 35.5. The molecular formula is C15H17ClN2O. The molecule has 0 bridgehead atoms. The van der Waals surface area contributed by atoms with E-state index >= 15 is 0 Å². The molecule has 1 aromatic carbocycles. The van der Waals surface area contributed by atoms with Gasteiger partial charge in [-0.2, -0.15) is 5.10 Å². The summed E-state index contributed by atoms with van der Waals surface area (Å²) < 4.78 is 1.78. The number of nitrogens with zero attached hydrogens (tertiary/aromatic N) is 2. The first-order valence-electron chi connectivity index (χ1n) is 6.25. The van der Waals surface area contributed by atoms with Crippen LogP contribution in [0.1, 0.15) is 41.4 Å². The van der Waals surface area contributed by atoms with E-state index in [1.807, 2.05) is 39.8 Å². The zero-order chi connectivity index (χ0) is 14.2. The second-order valence-electron chi connectivity index (χ2n) is 5.04. The lowest BCUT2D eigenvalue weighted by molar-refractivity contribution is 0.112. The molecule has 0 atom stereocenters. The topological polar surface area (TPSA) is 34.9 Å². The number of carbonyl (C=O) groups excluding carboxylic acids is 1. The number of hydrogen-bond donors (Lipinski definition) is 0. The molecule has 0 fully saturated rings. The SMILES string of the molecule is Cc1cc(Cl)c(-c2nn(C(C)C)cc2C=O)cc1C. The molecule has 1 heterocycles. The van der Waals surface area contributed by atoms with Crippen molar-refractivity contribution in [1.82, 2.24) is 9.78 Å². The van der Waals surface area contributed by atoms with Crippen molar-refractivity contribution in [3.63, 3.8) is 0 Å². The lowest BCUT2D eigenvalue weighted by atomic mass is 10.0. The lowest BCUT2D eigenvalue weighted by Gasteiger charge is -2.07. The van der Waals surface area contributed by atoms with Gasteiger partial charge in [-0.1, -0.05) is 11.6 Å². The molecule has 0 aliphatic carbocycles. The third-order valence-corrected chi connectivity index (χ3v) is 3.57. The minimum Gasteiger partial charge on any atom is -0.298 e. The number of aromatic nitrogens is 2. The van der Waals surface area contributed by atoms with E-state index in [1.165, 1.54) is 0 Å². The van der Waals surface area contributed by atoms with Crippen molar-refractivity contribution in [2.75, 3.05) is 0 Å². The Morgan fingerprint density at radius 1 is 1.26 bits per heavy atom. The van der Waals surface area contributed by atoms with Crippen molar-refractivity contribution in [1.29, 1.82) is 0 Å². The Morgan fingerprint density at radius 2 is 1.89 bits per heavy atom. The quantitative estimate of drug-likeness (QED) is 0.787. The van der Waals surface area contributed by atoms with Crippen molar-refractivity contribution >= 4 is 17.9 Å². The van der Waals surface area contributed by atoms with Crippen LogP contribution in [0.4, 0.5) is 0 Å². The van der Waals surface area contributed by atoms with Crippen LogP contribution in [-0.2, 0) is 0 Å². The first-order chi connectivity index (χ1) is 8.93. The van der Waals surface area contributed by atoms with Gasteiger partial charge in [-0.05, 0) is 51.0 Å². The summed E-state index contributed by atoms with van der Waals surface area (Å²) in [5.74, 6) is 0. The standard InChI is InChI=1S/C15H17ClN2O/c1-9(2)18-7-12(8-19)15(17-18)13-5-10(3)11(4)6-14(13)16/h5-9H,1-4H3. The molecule has 0 amide bonds. The number of carbonyl (C=O) groups is 1. The molecule has 0 unspecified atom stereocenters. The normalized spacial score (nSPS) is 11.1. The average molecular weight is 277 g/mol. The molecule has 0 N–H and O–H groups in total. The monoisotopic (exact) mass is 276 g/mol. The molecule has 0 aliphatic heterocycles. The fraction of sp³-hybridized carbons (Fsp3) is 0.333. The van der Waals surface area contributed by atoms with Crippen LogP contribution < -0.4 is 0 Å².